The van der Waals surface area contributed by atoms with Crippen molar-refractivity contribution in [3.05, 3.63) is 59.2 Å². The smallest absolute Gasteiger partial charge is 0.350 e. The van der Waals surface area contributed by atoms with Gasteiger partial charge in [0.05, 0.1) is 23.0 Å². The molecule has 1 aromatic carbocycles. The van der Waals surface area contributed by atoms with Crippen LogP contribution in [0.3, 0.4) is 0 Å². The number of pyridine rings is 1. The average molecular weight is 504 g/mol. The van der Waals surface area contributed by atoms with Gasteiger partial charge in [-0.1, -0.05) is 6.07 Å². The standard InChI is InChI=1S/C22H20F3N7O2S/c1-10(2)28-21(34)16-17-12(9-27-30-17)7-14(35)18(16)29-20(33)13-8-15(22(23,24)25)31-32(13)19-11(3)5-4-6-26-19/h4-10,35H,1-3H3,(H,27,30)(H,28,34)(H,29,33). The molecule has 3 aromatic heterocycles. The van der Waals surface area contributed by atoms with Crippen LogP contribution < -0.4 is 10.6 Å². The highest BCUT2D eigenvalue weighted by atomic mass is 32.1. The van der Waals surface area contributed by atoms with Gasteiger partial charge in [0, 0.05) is 28.6 Å². The van der Waals surface area contributed by atoms with Gasteiger partial charge in [-0.15, -0.1) is 12.6 Å². The van der Waals surface area contributed by atoms with E-state index in [1.54, 1.807) is 39.0 Å². The third-order valence-electron chi connectivity index (χ3n) is 5.02. The first kappa shape index (κ1) is 24.3. The van der Waals surface area contributed by atoms with Crippen LogP contribution in [0.25, 0.3) is 16.7 Å². The normalized spacial score (nSPS) is 11.8. The Morgan fingerprint density at radius 2 is 1.94 bits per heavy atom. The van der Waals surface area contributed by atoms with Crippen LogP contribution >= 0.6 is 12.6 Å². The molecule has 0 bridgehead atoms. The van der Waals surface area contributed by atoms with Gasteiger partial charge in [0.2, 0.25) is 0 Å². The van der Waals surface area contributed by atoms with E-state index in [2.05, 4.69) is 43.5 Å². The van der Waals surface area contributed by atoms with Crippen LogP contribution in [0.1, 0.15) is 46.0 Å². The number of halogens is 3. The molecule has 0 spiro atoms. The molecule has 2 amide bonds. The molecule has 0 unspecified atom stereocenters. The van der Waals surface area contributed by atoms with Gasteiger partial charge in [-0.05, 0) is 38.5 Å². The molecule has 0 aliphatic carbocycles. The van der Waals surface area contributed by atoms with E-state index in [1.165, 1.54) is 12.4 Å². The summed E-state index contributed by atoms with van der Waals surface area (Å²) < 4.78 is 41.3. The van der Waals surface area contributed by atoms with Crippen LogP contribution in [0.4, 0.5) is 18.9 Å². The lowest BCUT2D eigenvalue weighted by Gasteiger charge is -2.16. The molecule has 4 rings (SSSR count). The lowest BCUT2D eigenvalue weighted by Crippen LogP contribution is -2.31. The summed E-state index contributed by atoms with van der Waals surface area (Å²) >= 11 is 4.40. The number of aromatic amines is 1. The van der Waals surface area contributed by atoms with Crippen LogP contribution in [0, 0.1) is 6.92 Å². The number of rotatable bonds is 5. The molecule has 0 aliphatic heterocycles. The van der Waals surface area contributed by atoms with Crippen molar-refractivity contribution in [2.24, 2.45) is 0 Å². The Bertz CT molecular complexity index is 1440. The molecule has 0 saturated heterocycles. The van der Waals surface area contributed by atoms with Crippen molar-refractivity contribution in [2.45, 2.75) is 37.9 Å². The molecular formula is C22H20F3N7O2S. The number of nitrogens with one attached hydrogen (secondary N) is 3. The topological polar surface area (TPSA) is 118 Å². The number of hydrogen-bond acceptors (Lipinski definition) is 6. The van der Waals surface area contributed by atoms with Crippen molar-refractivity contribution in [3.63, 3.8) is 0 Å². The summed E-state index contributed by atoms with van der Waals surface area (Å²) in [6.07, 6.45) is -1.93. The van der Waals surface area contributed by atoms with Crippen molar-refractivity contribution in [1.29, 1.82) is 0 Å². The van der Waals surface area contributed by atoms with Gasteiger partial charge < -0.3 is 10.6 Å². The summed E-state index contributed by atoms with van der Waals surface area (Å²) in [5.41, 5.74) is -0.798. The molecule has 0 radical (unpaired) electrons. The number of benzene rings is 1. The van der Waals surface area contributed by atoms with E-state index in [0.717, 1.165) is 4.68 Å². The highest BCUT2D eigenvalue weighted by Crippen LogP contribution is 2.33. The number of aromatic nitrogens is 5. The molecule has 0 fully saturated rings. The first-order valence-electron chi connectivity index (χ1n) is 10.4. The monoisotopic (exact) mass is 503 g/mol. The Morgan fingerprint density at radius 1 is 1.20 bits per heavy atom. The third-order valence-corrected chi connectivity index (χ3v) is 5.37. The maximum atomic E-state index is 13.5. The largest absolute Gasteiger partial charge is 0.435 e. The van der Waals surface area contributed by atoms with Crippen LogP contribution in [0.2, 0.25) is 0 Å². The molecule has 35 heavy (non-hydrogen) atoms. The van der Waals surface area contributed by atoms with E-state index >= 15 is 0 Å². The van der Waals surface area contributed by atoms with E-state index in [9.17, 15) is 22.8 Å². The van der Waals surface area contributed by atoms with Crippen LogP contribution in [-0.2, 0) is 6.18 Å². The fourth-order valence-corrected chi connectivity index (χ4v) is 3.79. The summed E-state index contributed by atoms with van der Waals surface area (Å²) in [5, 5.41) is 16.1. The number of hydrogen-bond donors (Lipinski definition) is 4. The minimum atomic E-state index is -4.80. The molecule has 0 saturated carbocycles. The van der Waals surface area contributed by atoms with Crippen molar-refractivity contribution in [3.8, 4) is 5.82 Å². The highest BCUT2D eigenvalue weighted by Gasteiger charge is 2.37. The summed E-state index contributed by atoms with van der Waals surface area (Å²) in [6.45, 7) is 5.15. The van der Waals surface area contributed by atoms with Gasteiger partial charge in [-0.25, -0.2) is 9.67 Å². The lowest BCUT2D eigenvalue weighted by molar-refractivity contribution is -0.141. The Kier molecular flexibility index (Phi) is 6.28. The van der Waals surface area contributed by atoms with Gasteiger partial charge in [0.25, 0.3) is 11.8 Å². The van der Waals surface area contributed by atoms with Gasteiger partial charge in [-0.2, -0.15) is 23.4 Å². The van der Waals surface area contributed by atoms with Gasteiger partial charge >= 0.3 is 6.18 Å². The minimum Gasteiger partial charge on any atom is -0.350 e. The first-order valence-corrected chi connectivity index (χ1v) is 10.8. The Balaban J connectivity index is 1.84. The number of amides is 2. The predicted octanol–water partition coefficient (Wildman–Crippen LogP) is 4.15. The second kappa shape index (κ2) is 9.06. The van der Waals surface area contributed by atoms with Gasteiger partial charge in [-0.3, -0.25) is 14.7 Å². The summed E-state index contributed by atoms with van der Waals surface area (Å²) in [4.78, 5) is 30.6. The van der Waals surface area contributed by atoms with Crippen molar-refractivity contribution in [1.82, 2.24) is 30.3 Å². The summed E-state index contributed by atoms with van der Waals surface area (Å²) in [5.74, 6) is -1.41. The number of carbonyl (C=O) groups excluding carboxylic acids is 2. The zero-order valence-electron chi connectivity index (χ0n) is 18.7. The van der Waals surface area contributed by atoms with Crippen molar-refractivity contribution >= 4 is 41.0 Å². The van der Waals surface area contributed by atoms with E-state index in [0.29, 0.717) is 22.5 Å². The summed E-state index contributed by atoms with van der Waals surface area (Å²) in [6, 6.07) is 5.22. The molecule has 3 heterocycles. The lowest BCUT2D eigenvalue weighted by atomic mass is 10.1. The van der Waals surface area contributed by atoms with Crippen molar-refractivity contribution in [2.75, 3.05) is 5.32 Å². The molecule has 3 N–H and O–H groups in total. The van der Waals surface area contributed by atoms with E-state index in [-0.39, 0.29) is 28.0 Å². The summed E-state index contributed by atoms with van der Waals surface area (Å²) in [7, 11) is 0. The zero-order valence-corrected chi connectivity index (χ0v) is 19.6. The fraction of sp³-hybridized carbons (Fsp3) is 0.227. The quantitative estimate of drug-likeness (QED) is 0.305. The van der Waals surface area contributed by atoms with E-state index in [1.807, 2.05) is 0 Å². The van der Waals surface area contributed by atoms with Gasteiger partial charge in [0.15, 0.2) is 11.5 Å². The zero-order chi connectivity index (χ0) is 25.5. The fourth-order valence-electron chi connectivity index (χ4n) is 3.49. The maximum absolute atomic E-state index is 13.5. The first-order chi connectivity index (χ1) is 16.5. The second-order valence-corrected chi connectivity index (χ2v) is 8.51. The number of aryl methyl sites for hydroxylation is 1. The number of carbonyl (C=O) groups is 2. The number of anilines is 1. The molecule has 13 heteroatoms. The number of fused-ring (bicyclic) bond motifs is 1. The van der Waals surface area contributed by atoms with Crippen molar-refractivity contribution < 1.29 is 22.8 Å². The molecule has 9 nitrogen and oxygen atoms in total. The number of H-pyrrole nitrogens is 1. The molecule has 0 aliphatic rings. The molecular weight excluding hydrogens is 483 g/mol. The Morgan fingerprint density at radius 3 is 2.60 bits per heavy atom. The van der Waals surface area contributed by atoms with Crippen LogP contribution in [0.15, 0.2) is 41.6 Å². The van der Waals surface area contributed by atoms with Crippen LogP contribution in [0.5, 0.6) is 0 Å². The van der Waals surface area contributed by atoms with E-state index < -0.39 is 29.4 Å². The average Bonchev–Trinajstić information content (AvgIpc) is 3.41. The highest BCUT2D eigenvalue weighted by molar-refractivity contribution is 7.80. The molecule has 182 valence electrons. The minimum absolute atomic E-state index is 0.00675. The van der Waals surface area contributed by atoms with Gasteiger partial charge in [0.1, 0.15) is 5.69 Å². The molecule has 0 atom stereocenters. The second-order valence-electron chi connectivity index (χ2n) is 8.03. The SMILES string of the molecule is Cc1cccnc1-n1nc(C(F)(F)F)cc1C(=O)Nc1c(S)cc2cn[nH]c2c1C(=O)NC(C)C. The number of thiol groups is 1. The van der Waals surface area contributed by atoms with E-state index in [4.69, 9.17) is 0 Å². The maximum Gasteiger partial charge on any atom is 0.435 e. The number of nitrogens with zero attached hydrogens (tertiary/aromatic N) is 4. The Hall–Kier alpha value is -3.87. The molecule has 4 aromatic rings. The van der Waals surface area contributed by atoms with Crippen LogP contribution in [-0.4, -0.2) is 42.8 Å². The predicted molar refractivity (Wildman–Crippen MR) is 125 cm³/mol. The third kappa shape index (κ3) is 4.71. The Labute approximate surface area is 202 Å². The number of alkyl halides is 3.